The quantitative estimate of drug-likeness (QED) is 0.643. The van der Waals surface area contributed by atoms with Gasteiger partial charge in [0.15, 0.2) is 0 Å². The van der Waals surface area contributed by atoms with E-state index < -0.39 is 9.84 Å². The van der Waals surface area contributed by atoms with Crippen LogP contribution in [0.4, 0.5) is 0 Å². The smallest absolute Gasteiger partial charge is 0.201 e. The average molecular weight is 434 g/mol. The van der Waals surface area contributed by atoms with Crippen molar-refractivity contribution in [3.63, 3.8) is 0 Å². The number of hydrogen-bond acceptors (Lipinski definition) is 4. The summed E-state index contributed by atoms with van der Waals surface area (Å²) in [6.07, 6.45) is 2.24. The molecule has 2 aromatic rings. The molecular formula is C20H20BrNO3S. The fourth-order valence-corrected chi connectivity index (χ4v) is 5.00. The Bertz CT molecular complexity index is 948. The van der Waals surface area contributed by atoms with Gasteiger partial charge in [-0.15, -0.1) is 0 Å². The fourth-order valence-electron chi connectivity index (χ4n) is 3.27. The largest absolute Gasteiger partial charge is 0.494 e. The van der Waals surface area contributed by atoms with Crippen LogP contribution in [-0.4, -0.2) is 39.6 Å². The van der Waals surface area contributed by atoms with Gasteiger partial charge >= 0.3 is 0 Å². The summed E-state index contributed by atoms with van der Waals surface area (Å²) < 4.78 is 31.9. The van der Waals surface area contributed by atoms with Gasteiger partial charge in [-0.3, -0.25) is 0 Å². The van der Waals surface area contributed by atoms with Gasteiger partial charge in [0.25, 0.3) is 0 Å². The van der Waals surface area contributed by atoms with E-state index in [1.807, 2.05) is 36.4 Å². The van der Waals surface area contributed by atoms with Crippen LogP contribution < -0.4 is 4.74 Å². The lowest BCUT2D eigenvalue weighted by Crippen LogP contribution is -2.38. The van der Waals surface area contributed by atoms with Crippen LogP contribution in [-0.2, 0) is 9.84 Å². The molecule has 4 nitrogen and oxygen atoms in total. The molecule has 136 valence electrons. The Morgan fingerprint density at radius 3 is 2.54 bits per heavy atom. The molecule has 6 heteroatoms. The maximum absolute atomic E-state index is 12.6. The van der Waals surface area contributed by atoms with E-state index in [0.717, 1.165) is 34.1 Å². The van der Waals surface area contributed by atoms with Crippen LogP contribution >= 0.6 is 15.9 Å². The first kappa shape index (κ1) is 17.8. The molecule has 0 bridgehead atoms. The number of likely N-dealkylation sites (tertiary alicyclic amines) is 1. The van der Waals surface area contributed by atoms with Crippen LogP contribution in [0, 0.1) is 0 Å². The van der Waals surface area contributed by atoms with Crippen molar-refractivity contribution < 1.29 is 13.2 Å². The van der Waals surface area contributed by atoms with Crippen LogP contribution in [0.3, 0.4) is 0 Å². The van der Waals surface area contributed by atoms with Gasteiger partial charge in [-0.1, -0.05) is 28.1 Å². The van der Waals surface area contributed by atoms with E-state index in [9.17, 15) is 8.42 Å². The predicted molar refractivity (Wildman–Crippen MR) is 106 cm³/mol. The third-order valence-corrected chi connectivity index (χ3v) is 6.84. The first-order valence-corrected chi connectivity index (χ1v) is 11.1. The van der Waals surface area contributed by atoms with E-state index in [2.05, 4.69) is 20.8 Å². The minimum Gasteiger partial charge on any atom is -0.494 e. The number of fused-ring (bicyclic) bond motifs is 1. The van der Waals surface area contributed by atoms with Crippen LogP contribution in [0.1, 0.15) is 24.0 Å². The van der Waals surface area contributed by atoms with Crippen LogP contribution in [0.5, 0.6) is 5.75 Å². The molecule has 1 saturated heterocycles. The van der Waals surface area contributed by atoms with Crippen LogP contribution in [0.15, 0.2) is 57.2 Å². The molecule has 0 atom stereocenters. The van der Waals surface area contributed by atoms with E-state index in [0.29, 0.717) is 17.3 Å². The van der Waals surface area contributed by atoms with Gasteiger partial charge in [0.2, 0.25) is 9.84 Å². The number of benzene rings is 2. The lowest BCUT2D eigenvalue weighted by atomic mass is 10.00. The number of sulfone groups is 1. The zero-order valence-corrected chi connectivity index (χ0v) is 16.7. The zero-order chi connectivity index (χ0) is 18.1. The Morgan fingerprint density at radius 1 is 1.08 bits per heavy atom. The Morgan fingerprint density at radius 2 is 1.85 bits per heavy atom. The van der Waals surface area contributed by atoms with Crippen molar-refractivity contribution in [1.29, 1.82) is 0 Å². The van der Waals surface area contributed by atoms with E-state index >= 15 is 0 Å². The molecule has 2 aromatic carbocycles. The first-order valence-electron chi connectivity index (χ1n) is 8.75. The monoisotopic (exact) mass is 433 g/mol. The highest BCUT2D eigenvalue weighted by atomic mass is 79.9. The molecule has 26 heavy (non-hydrogen) atoms. The Kier molecular flexibility index (Phi) is 4.90. The van der Waals surface area contributed by atoms with Crippen molar-refractivity contribution in [3.8, 4) is 5.75 Å². The third kappa shape index (κ3) is 3.59. The zero-order valence-electron chi connectivity index (χ0n) is 14.3. The van der Waals surface area contributed by atoms with Gasteiger partial charge in [-0.2, -0.15) is 0 Å². The molecule has 0 aromatic heterocycles. The van der Waals surface area contributed by atoms with Crippen molar-refractivity contribution in [3.05, 3.63) is 63.5 Å². The summed E-state index contributed by atoms with van der Waals surface area (Å²) in [5, 5.41) is 1.36. The summed E-state index contributed by atoms with van der Waals surface area (Å²) in [4.78, 5) is 2.72. The number of halogens is 1. The molecule has 4 rings (SSSR count). The second-order valence-corrected chi connectivity index (χ2v) is 9.32. The summed E-state index contributed by atoms with van der Waals surface area (Å²) in [7, 11) is -3.44. The third-order valence-electron chi connectivity index (χ3n) is 4.81. The van der Waals surface area contributed by atoms with E-state index in [4.69, 9.17) is 4.74 Å². The molecule has 0 aliphatic carbocycles. The molecule has 0 N–H and O–H groups in total. The summed E-state index contributed by atoms with van der Waals surface area (Å²) >= 11 is 3.41. The van der Waals surface area contributed by atoms with Crippen molar-refractivity contribution in [2.45, 2.75) is 17.7 Å². The van der Waals surface area contributed by atoms with E-state index in [-0.39, 0.29) is 0 Å². The molecule has 2 heterocycles. The number of ether oxygens (including phenoxy) is 1. The highest BCUT2D eigenvalue weighted by Gasteiger charge is 2.28. The number of hydrogen-bond donors (Lipinski definition) is 0. The molecule has 2 aliphatic rings. The van der Waals surface area contributed by atoms with Gasteiger partial charge in [0.1, 0.15) is 5.75 Å². The van der Waals surface area contributed by atoms with Crippen molar-refractivity contribution in [1.82, 2.24) is 4.90 Å². The predicted octanol–water partition coefficient (Wildman–Crippen LogP) is 4.10. The Hall–Kier alpha value is -1.63. The van der Waals surface area contributed by atoms with Gasteiger partial charge in [0.05, 0.1) is 11.5 Å². The highest BCUT2D eigenvalue weighted by molar-refractivity contribution is 9.10. The molecule has 0 spiro atoms. The lowest BCUT2D eigenvalue weighted by molar-refractivity contribution is 0.165. The average Bonchev–Trinajstić information content (AvgIpc) is 2.85. The van der Waals surface area contributed by atoms with Crippen LogP contribution in [0.2, 0.25) is 0 Å². The lowest BCUT2D eigenvalue weighted by Gasteiger charge is -2.30. The highest BCUT2D eigenvalue weighted by Crippen LogP contribution is 2.39. The molecule has 2 aliphatic heterocycles. The fraction of sp³-hybridized carbons (Fsp3) is 0.300. The summed E-state index contributed by atoms with van der Waals surface area (Å²) in [5.41, 5.74) is 2.36. The normalized spacial score (nSPS) is 18.1. The molecule has 1 fully saturated rings. The van der Waals surface area contributed by atoms with E-state index in [1.165, 1.54) is 24.9 Å². The van der Waals surface area contributed by atoms with Crippen LogP contribution in [0.25, 0.3) is 5.57 Å². The minimum absolute atomic E-state index is 0.329. The maximum atomic E-state index is 12.6. The molecule has 0 unspecified atom stereocenters. The van der Waals surface area contributed by atoms with Crippen molar-refractivity contribution >= 4 is 31.3 Å². The number of nitrogens with zero attached hydrogens (tertiary/aromatic N) is 1. The standard InChI is InChI=1S/C20H20BrNO3S/c21-16-5-3-15(4-6-16)19-14-26(23,24)20-13-17(7-8-18(19)20)25-12-2-11-22-9-1-10-22/h3-8,13-14H,1-2,9-12H2. The molecule has 0 saturated carbocycles. The summed E-state index contributed by atoms with van der Waals surface area (Å²) in [6.45, 7) is 4.00. The maximum Gasteiger partial charge on any atom is 0.201 e. The Balaban J connectivity index is 1.51. The topological polar surface area (TPSA) is 46.6 Å². The molecule has 0 amide bonds. The van der Waals surface area contributed by atoms with Gasteiger partial charge in [-0.25, -0.2) is 8.42 Å². The van der Waals surface area contributed by atoms with Crippen molar-refractivity contribution in [2.24, 2.45) is 0 Å². The summed E-state index contributed by atoms with van der Waals surface area (Å²) in [6, 6.07) is 13.0. The summed E-state index contributed by atoms with van der Waals surface area (Å²) in [5.74, 6) is 0.612. The molecule has 0 radical (unpaired) electrons. The molecular weight excluding hydrogens is 414 g/mol. The number of rotatable bonds is 6. The minimum atomic E-state index is -3.44. The second kappa shape index (κ2) is 7.18. The van der Waals surface area contributed by atoms with Gasteiger partial charge in [0, 0.05) is 27.6 Å². The first-order chi connectivity index (χ1) is 12.5. The van der Waals surface area contributed by atoms with Gasteiger partial charge in [-0.05, 0) is 61.8 Å². The van der Waals surface area contributed by atoms with E-state index in [1.54, 1.807) is 6.07 Å². The SMILES string of the molecule is O=S1(=O)C=C(c2ccc(Br)cc2)c2ccc(OCCCN3CCC3)cc21. The Labute approximate surface area is 162 Å². The van der Waals surface area contributed by atoms with Crippen molar-refractivity contribution in [2.75, 3.05) is 26.2 Å². The van der Waals surface area contributed by atoms with Gasteiger partial charge < -0.3 is 9.64 Å². The second-order valence-electron chi connectivity index (χ2n) is 6.64.